The molecule has 10 heteroatoms. The number of ketones is 1. The van der Waals surface area contributed by atoms with E-state index in [1.54, 1.807) is 24.1 Å². The van der Waals surface area contributed by atoms with Crippen molar-refractivity contribution in [1.82, 2.24) is 5.06 Å². The van der Waals surface area contributed by atoms with E-state index in [9.17, 15) is 19.1 Å². The van der Waals surface area contributed by atoms with Crippen LogP contribution in [0.25, 0.3) is 0 Å². The van der Waals surface area contributed by atoms with E-state index in [-0.39, 0.29) is 18.4 Å². The van der Waals surface area contributed by atoms with Gasteiger partial charge in [0.25, 0.3) is 0 Å². The number of carbonyl (C=O) groups is 2. The van der Waals surface area contributed by atoms with Gasteiger partial charge in [-0.3, -0.25) is 14.4 Å². The van der Waals surface area contributed by atoms with E-state index in [1.165, 1.54) is 12.2 Å². The molecule has 1 saturated heterocycles. The molecule has 3 saturated carbocycles. The number of hydrogen-bond donors (Lipinski definition) is 1. The van der Waals surface area contributed by atoms with E-state index in [4.69, 9.17) is 9.57 Å². The molecule has 1 aromatic carbocycles. The number of carbonyl (C=O) groups excluding carboxylic acids is 2. The van der Waals surface area contributed by atoms with Crippen LogP contribution < -0.4 is 4.74 Å². The summed E-state index contributed by atoms with van der Waals surface area (Å²) in [6, 6.07) is 6.50. The number of hydroxylamine groups is 2. The van der Waals surface area contributed by atoms with Crippen molar-refractivity contribution in [3.63, 3.8) is 0 Å². The molecule has 1 aliphatic heterocycles. The third-order valence-corrected chi connectivity index (χ3v) is 12.0. The van der Waals surface area contributed by atoms with Gasteiger partial charge in [-0.25, -0.2) is 13.2 Å². The molecule has 5 aliphatic rings. The minimum atomic E-state index is -2.27. The van der Waals surface area contributed by atoms with Crippen molar-refractivity contribution in [2.45, 2.75) is 63.2 Å². The van der Waals surface area contributed by atoms with Crippen molar-refractivity contribution < 1.29 is 37.4 Å². The van der Waals surface area contributed by atoms with Crippen LogP contribution in [0.5, 0.6) is 5.75 Å². The van der Waals surface area contributed by atoms with Crippen LogP contribution in [-0.4, -0.2) is 63.8 Å². The Morgan fingerprint density at radius 3 is 2.67 bits per heavy atom. The maximum Gasteiger partial charge on any atom is 0.226 e. The van der Waals surface area contributed by atoms with Gasteiger partial charge in [-0.1, -0.05) is 68.3 Å². The van der Waals surface area contributed by atoms with Crippen molar-refractivity contribution in [2.24, 2.45) is 28.6 Å². The van der Waals surface area contributed by atoms with Crippen LogP contribution in [0, 0.1) is 28.6 Å². The lowest BCUT2D eigenvalue weighted by molar-refractivity contribution is -0.266. The number of allylic oxidation sites excluding steroid dienone is 6. The first-order chi connectivity index (χ1) is 21.8. The lowest BCUT2D eigenvalue weighted by atomic mass is 9.44. The van der Waals surface area contributed by atoms with Gasteiger partial charge >= 0.3 is 0 Å². The summed E-state index contributed by atoms with van der Waals surface area (Å²) in [5, 5.41) is 12.9. The maximum atomic E-state index is 17.6. The van der Waals surface area contributed by atoms with Crippen molar-refractivity contribution >= 4 is 22.7 Å². The van der Waals surface area contributed by atoms with Crippen molar-refractivity contribution in [2.75, 3.05) is 19.2 Å². The van der Waals surface area contributed by atoms with Crippen LogP contribution in [0.4, 0.5) is 13.2 Å². The van der Waals surface area contributed by atoms with E-state index in [1.807, 2.05) is 37.3 Å². The Morgan fingerprint density at radius 1 is 1.24 bits per heavy atom. The highest BCUT2D eigenvalue weighted by molar-refractivity contribution is 8.13. The topological polar surface area (TPSA) is 76.1 Å². The summed E-state index contributed by atoms with van der Waals surface area (Å²) in [4.78, 5) is 32.6. The van der Waals surface area contributed by atoms with Crippen LogP contribution in [0.15, 0.2) is 85.0 Å². The zero-order valence-electron chi connectivity index (χ0n) is 26.1. The molecule has 0 bridgehead atoms. The molecular formula is C36H40F3NO5S. The van der Waals surface area contributed by atoms with E-state index in [2.05, 4.69) is 13.2 Å². The molecule has 4 aliphatic carbocycles. The third-order valence-electron chi connectivity index (χ3n) is 11.3. The fourth-order valence-corrected chi connectivity index (χ4v) is 9.99. The Morgan fingerprint density at radius 2 is 1.98 bits per heavy atom. The first-order valence-electron chi connectivity index (χ1n) is 15.7. The maximum absolute atomic E-state index is 17.6. The van der Waals surface area contributed by atoms with E-state index < -0.39 is 69.0 Å². The molecule has 0 spiro atoms. The lowest BCUT2D eigenvalue weighted by Crippen LogP contribution is -2.70. The average Bonchev–Trinajstić information content (AvgIpc) is 3.50. The number of fused-ring (bicyclic) bond motifs is 7. The molecule has 0 aromatic heterocycles. The first-order valence-corrected chi connectivity index (χ1v) is 16.6. The molecule has 1 aromatic rings. The van der Waals surface area contributed by atoms with Gasteiger partial charge in [0, 0.05) is 35.8 Å². The molecule has 1 N–H and O–H groups in total. The van der Waals surface area contributed by atoms with E-state index in [0.717, 1.165) is 17.2 Å². The summed E-state index contributed by atoms with van der Waals surface area (Å²) in [5.41, 5.74) is -4.69. The van der Waals surface area contributed by atoms with Gasteiger partial charge in [-0.15, -0.1) is 0 Å². The fraction of sp³-hybridized carbons (Fsp3) is 0.500. The zero-order chi connectivity index (χ0) is 33.1. The van der Waals surface area contributed by atoms with Gasteiger partial charge in [-0.05, 0) is 73.1 Å². The molecule has 9 atom stereocenters. The largest absolute Gasteiger partial charge is 0.489 e. The Bertz CT molecular complexity index is 1530. The molecule has 1 heterocycles. The molecule has 6 nitrogen and oxygen atoms in total. The first kappa shape index (κ1) is 33.0. The van der Waals surface area contributed by atoms with Gasteiger partial charge < -0.3 is 9.84 Å². The van der Waals surface area contributed by atoms with Crippen molar-refractivity contribution in [1.29, 1.82) is 0 Å². The van der Waals surface area contributed by atoms with Crippen LogP contribution in [0.3, 0.4) is 0 Å². The van der Waals surface area contributed by atoms with Gasteiger partial charge in [0.2, 0.25) is 5.12 Å². The predicted molar refractivity (Wildman–Crippen MR) is 171 cm³/mol. The molecular weight excluding hydrogens is 615 g/mol. The average molecular weight is 656 g/mol. The number of hydrogen-bond acceptors (Lipinski definition) is 7. The quantitative estimate of drug-likeness (QED) is 0.301. The lowest BCUT2D eigenvalue weighted by Gasteiger charge is -2.63. The summed E-state index contributed by atoms with van der Waals surface area (Å²) < 4.78 is 53.0. The summed E-state index contributed by atoms with van der Waals surface area (Å²) >= 11 is 0.522. The molecule has 246 valence electrons. The molecule has 0 radical (unpaired) electrons. The highest BCUT2D eigenvalue weighted by atomic mass is 32.2. The second kappa shape index (κ2) is 12.0. The number of alkyl halides is 3. The number of ether oxygens (including phenoxy) is 1. The predicted octanol–water partition coefficient (Wildman–Crippen LogP) is 6.58. The van der Waals surface area contributed by atoms with Crippen LogP contribution >= 0.6 is 11.8 Å². The van der Waals surface area contributed by atoms with Gasteiger partial charge in [-0.2, -0.15) is 5.06 Å². The molecule has 0 unspecified atom stereocenters. The van der Waals surface area contributed by atoms with Crippen LogP contribution in [0.1, 0.15) is 38.7 Å². The zero-order valence-corrected chi connectivity index (χ0v) is 26.9. The van der Waals surface area contributed by atoms with Crippen LogP contribution in [-0.2, 0) is 21.0 Å². The normalized spacial score (nSPS) is 39.7. The number of aliphatic hydroxyl groups is 1. The molecule has 4 fully saturated rings. The SMILES string of the molecule is C=C/C=C\C(=C)COc1ccc(CN2C[C@@H]3C[C@H]4[C@@H]5C[C@H](F)C6=CC(=O)C=C[C@]6(C)[C@@]5(F)[C@@H](O)C[C@]4(C)[C@]3(C(=O)SCF)O2)cc1. The number of thioether (sulfide) groups is 1. The number of rotatable bonds is 9. The second-order valence-electron chi connectivity index (χ2n) is 13.7. The van der Waals surface area contributed by atoms with Crippen molar-refractivity contribution in [3.8, 4) is 5.75 Å². The summed E-state index contributed by atoms with van der Waals surface area (Å²) in [6.45, 7) is 11.9. The standard InChI is InChI=1S/C36H40F3NO5S/c1-5-6-7-22(2)20-44-26-10-8-23(9-11-26)18-40-19-24-14-27-28-16-30(38)29-15-25(41)12-13-33(29,3)35(28,39)31(42)17-34(27,4)36(24,45-40)32(43)46-21-37/h5-13,15,24,27-28,30-31,42H,1-2,14,16-21H2,3-4H3/b7-6-/t24-,27-,28-,30-,31-,33-,34-,35-,36-/m0/s1. The van der Waals surface area contributed by atoms with Gasteiger partial charge in [0.15, 0.2) is 17.1 Å². The number of nitrogens with zero attached hydrogens (tertiary/aromatic N) is 1. The monoisotopic (exact) mass is 655 g/mol. The molecule has 0 amide bonds. The highest BCUT2D eigenvalue weighted by Gasteiger charge is 2.79. The van der Waals surface area contributed by atoms with Crippen molar-refractivity contribution in [3.05, 3.63) is 90.6 Å². The molecule has 6 rings (SSSR count). The Balaban J connectivity index is 1.26. The van der Waals surface area contributed by atoms with Crippen LogP contribution in [0.2, 0.25) is 0 Å². The summed E-state index contributed by atoms with van der Waals surface area (Å²) in [6.07, 6.45) is 5.91. The number of aliphatic hydroxyl groups excluding tert-OH is 1. The number of benzene rings is 1. The number of halogens is 3. The van der Waals surface area contributed by atoms with Gasteiger partial charge in [0.1, 0.15) is 24.5 Å². The summed E-state index contributed by atoms with van der Waals surface area (Å²) in [7, 11) is 0. The Labute approximate surface area is 272 Å². The van der Waals surface area contributed by atoms with Gasteiger partial charge in [0.05, 0.1) is 6.10 Å². The second-order valence-corrected chi connectivity index (χ2v) is 14.5. The van der Waals surface area contributed by atoms with E-state index >= 15 is 8.78 Å². The highest BCUT2D eigenvalue weighted by Crippen LogP contribution is 2.73. The minimum absolute atomic E-state index is 0.0478. The Kier molecular flexibility index (Phi) is 8.57. The third kappa shape index (κ3) is 4.81. The minimum Gasteiger partial charge on any atom is -0.489 e. The Hall–Kier alpha value is -2.92. The summed E-state index contributed by atoms with van der Waals surface area (Å²) in [5.74, 6) is -1.64. The van der Waals surface area contributed by atoms with E-state index in [0.29, 0.717) is 43.6 Å². The molecule has 46 heavy (non-hydrogen) atoms. The smallest absolute Gasteiger partial charge is 0.226 e. The fourth-order valence-electron chi connectivity index (χ4n) is 9.24.